The van der Waals surface area contributed by atoms with Gasteiger partial charge < -0.3 is 5.32 Å². The lowest BCUT2D eigenvalue weighted by Crippen LogP contribution is -2.34. The fourth-order valence-electron chi connectivity index (χ4n) is 2.43. The predicted octanol–water partition coefficient (Wildman–Crippen LogP) is 2.14. The second kappa shape index (κ2) is 7.68. The number of tetrazole rings is 1. The fourth-order valence-corrected chi connectivity index (χ4v) is 2.43. The van der Waals surface area contributed by atoms with Crippen molar-refractivity contribution in [2.45, 2.75) is 46.2 Å². The average molecular weight is 301 g/mol. The van der Waals surface area contributed by atoms with E-state index in [1.807, 2.05) is 0 Å². The lowest BCUT2D eigenvalue weighted by molar-refractivity contribution is -0.123. The third-order valence-electron chi connectivity index (χ3n) is 3.56. The third-order valence-corrected chi connectivity index (χ3v) is 3.56. The highest BCUT2D eigenvalue weighted by molar-refractivity contribution is 5.76. The highest BCUT2D eigenvalue weighted by Gasteiger charge is 2.18. The largest absolute Gasteiger partial charge is 0.347 e. The Kier molecular flexibility index (Phi) is 5.63. The lowest BCUT2D eigenvalue weighted by Gasteiger charge is -2.23. The van der Waals surface area contributed by atoms with E-state index in [0.29, 0.717) is 5.92 Å². The van der Waals surface area contributed by atoms with Crippen molar-refractivity contribution < 1.29 is 4.79 Å². The molecule has 0 spiro atoms. The molecular weight excluding hydrogens is 278 g/mol. The molecule has 0 aliphatic rings. The van der Waals surface area contributed by atoms with Crippen LogP contribution in [0.1, 0.15) is 44.4 Å². The summed E-state index contributed by atoms with van der Waals surface area (Å²) in [5.41, 5.74) is 2.45. The molecule has 1 aromatic heterocycles. The van der Waals surface area contributed by atoms with E-state index in [1.165, 1.54) is 16.6 Å². The van der Waals surface area contributed by atoms with Crippen LogP contribution >= 0.6 is 0 Å². The van der Waals surface area contributed by atoms with Crippen LogP contribution in [0.3, 0.4) is 0 Å². The van der Waals surface area contributed by atoms with Gasteiger partial charge in [0.05, 0.1) is 6.04 Å². The van der Waals surface area contributed by atoms with Crippen LogP contribution in [0.2, 0.25) is 0 Å². The van der Waals surface area contributed by atoms with Gasteiger partial charge in [-0.15, -0.1) is 5.10 Å². The second-order valence-corrected chi connectivity index (χ2v) is 5.79. The van der Waals surface area contributed by atoms with E-state index < -0.39 is 0 Å². The van der Waals surface area contributed by atoms with E-state index in [4.69, 9.17) is 0 Å². The summed E-state index contributed by atoms with van der Waals surface area (Å²) < 4.78 is 1.41. The van der Waals surface area contributed by atoms with Crippen molar-refractivity contribution in [3.05, 3.63) is 41.7 Å². The molecule has 0 saturated carbocycles. The van der Waals surface area contributed by atoms with Crippen molar-refractivity contribution in [2.24, 2.45) is 5.92 Å². The van der Waals surface area contributed by atoms with Crippen molar-refractivity contribution in [1.82, 2.24) is 25.5 Å². The Morgan fingerprint density at radius 2 is 2.00 bits per heavy atom. The zero-order chi connectivity index (χ0) is 15.9. The number of rotatable bonds is 7. The van der Waals surface area contributed by atoms with Gasteiger partial charge in [-0.25, -0.2) is 4.68 Å². The molecule has 0 fully saturated rings. The number of carbonyl (C=O) groups excluding carboxylic acids is 1. The van der Waals surface area contributed by atoms with Gasteiger partial charge in [-0.1, -0.05) is 51.5 Å². The zero-order valence-corrected chi connectivity index (χ0v) is 13.4. The van der Waals surface area contributed by atoms with Gasteiger partial charge in [-0.3, -0.25) is 4.79 Å². The van der Waals surface area contributed by atoms with Crippen LogP contribution in [0, 0.1) is 5.92 Å². The maximum absolute atomic E-state index is 12.1. The van der Waals surface area contributed by atoms with Crippen molar-refractivity contribution in [3.63, 3.8) is 0 Å². The zero-order valence-electron chi connectivity index (χ0n) is 13.4. The summed E-state index contributed by atoms with van der Waals surface area (Å²) >= 11 is 0. The van der Waals surface area contributed by atoms with Crippen molar-refractivity contribution in [1.29, 1.82) is 0 Å². The molecule has 1 heterocycles. The molecule has 6 heteroatoms. The van der Waals surface area contributed by atoms with Gasteiger partial charge in [-0.2, -0.15) is 0 Å². The maximum Gasteiger partial charge on any atom is 0.242 e. The summed E-state index contributed by atoms with van der Waals surface area (Å²) in [4.78, 5) is 12.1. The Hall–Kier alpha value is -2.24. The molecule has 0 radical (unpaired) electrons. The summed E-state index contributed by atoms with van der Waals surface area (Å²) in [6.07, 6.45) is 3.65. The SMILES string of the molecule is CCCc1ccc(C(NC(=O)Cn2cnnn2)C(C)C)cc1. The molecule has 1 atom stereocenters. The van der Waals surface area contributed by atoms with Gasteiger partial charge >= 0.3 is 0 Å². The fraction of sp³-hybridized carbons (Fsp3) is 0.500. The van der Waals surface area contributed by atoms with E-state index in [1.54, 1.807) is 0 Å². The highest BCUT2D eigenvalue weighted by Crippen LogP contribution is 2.22. The van der Waals surface area contributed by atoms with Crippen LogP contribution in [-0.2, 0) is 17.8 Å². The number of nitrogens with zero attached hydrogens (tertiary/aromatic N) is 4. The van der Waals surface area contributed by atoms with Gasteiger partial charge in [0, 0.05) is 0 Å². The minimum absolute atomic E-state index is 0.0142. The number of carbonyl (C=O) groups is 1. The standard InChI is InChI=1S/C16H23N5O/c1-4-5-13-6-8-14(9-7-13)16(12(2)3)18-15(22)10-21-11-17-19-20-21/h6-9,11-12,16H,4-5,10H2,1-3H3,(H,18,22). The molecule has 2 rings (SSSR count). The average Bonchev–Trinajstić information content (AvgIpc) is 2.99. The first kappa shape index (κ1) is 16.1. The normalized spacial score (nSPS) is 12.4. The Balaban J connectivity index is 2.04. The molecule has 118 valence electrons. The van der Waals surface area contributed by atoms with E-state index in [0.717, 1.165) is 18.4 Å². The Labute approximate surface area is 130 Å². The number of hydrogen-bond donors (Lipinski definition) is 1. The van der Waals surface area contributed by atoms with Crippen LogP contribution < -0.4 is 5.32 Å². The maximum atomic E-state index is 12.1. The molecular formula is C16H23N5O. The van der Waals surface area contributed by atoms with Crippen molar-refractivity contribution in [2.75, 3.05) is 0 Å². The third kappa shape index (κ3) is 4.38. The molecule has 0 aliphatic heterocycles. The first-order valence-corrected chi connectivity index (χ1v) is 7.69. The number of amides is 1. The highest BCUT2D eigenvalue weighted by atomic mass is 16.2. The number of aryl methyl sites for hydroxylation is 1. The minimum atomic E-state index is -0.0939. The van der Waals surface area contributed by atoms with Gasteiger partial charge in [0.25, 0.3) is 0 Å². The Morgan fingerprint density at radius 1 is 1.27 bits per heavy atom. The van der Waals surface area contributed by atoms with E-state index >= 15 is 0 Å². The van der Waals surface area contributed by atoms with Crippen LogP contribution in [-0.4, -0.2) is 26.1 Å². The Bertz CT molecular complexity index is 577. The molecule has 1 amide bonds. The molecule has 22 heavy (non-hydrogen) atoms. The van der Waals surface area contributed by atoms with Crippen molar-refractivity contribution >= 4 is 5.91 Å². The quantitative estimate of drug-likeness (QED) is 0.850. The van der Waals surface area contributed by atoms with Crippen molar-refractivity contribution in [3.8, 4) is 0 Å². The number of hydrogen-bond acceptors (Lipinski definition) is 4. The van der Waals surface area contributed by atoms with Gasteiger partial charge in [0.15, 0.2) is 0 Å². The summed E-state index contributed by atoms with van der Waals surface area (Å²) in [5.74, 6) is 0.207. The van der Waals surface area contributed by atoms with Gasteiger partial charge in [0.1, 0.15) is 12.9 Å². The molecule has 1 aromatic carbocycles. The van der Waals surface area contributed by atoms with Crippen LogP contribution in [0.5, 0.6) is 0 Å². The first-order valence-electron chi connectivity index (χ1n) is 7.69. The molecule has 2 aromatic rings. The number of nitrogens with one attached hydrogen (secondary N) is 1. The predicted molar refractivity (Wildman–Crippen MR) is 84.0 cm³/mol. The van der Waals surface area contributed by atoms with E-state index in [-0.39, 0.29) is 18.5 Å². The van der Waals surface area contributed by atoms with Gasteiger partial charge in [0.2, 0.25) is 5.91 Å². The molecule has 0 bridgehead atoms. The topological polar surface area (TPSA) is 72.7 Å². The van der Waals surface area contributed by atoms with E-state index in [9.17, 15) is 4.79 Å². The smallest absolute Gasteiger partial charge is 0.242 e. The van der Waals surface area contributed by atoms with E-state index in [2.05, 4.69) is 65.9 Å². The van der Waals surface area contributed by atoms with Crippen LogP contribution in [0.4, 0.5) is 0 Å². The molecule has 1 unspecified atom stereocenters. The Morgan fingerprint density at radius 3 is 2.55 bits per heavy atom. The lowest BCUT2D eigenvalue weighted by atomic mass is 9.94. The second-order valence-electron chi connectivity index (χ2n) is 5.79. The number of aromatic nitrogens is 4. The molecule has 0 saturated heterocycles. The summed E-state index contributed by atoms with van der Waals surface area (Å²) in [6, 6.07) is 8.48. The monoisotopic (exact) mass is 301 g/mol. The minimum Gasteiger partial charge on any atom is -0.347 e. The van der Waals surface area contributed by atoms with Gasteiger partial charge in [-0.05, 0) is 33.9 Å². The number of benzene rings is 1. The first-order chi connectivity index (χ1) is 10.6. The summed E-state index contributed by atoms with van der Waals surface area (Å²) in [7, 11) is 0. The van der Waals surface area contributed by atoms with Crippen LogP contribution in [0.15, 0.2) is 30.6 Å². The molecule has 0 aliphatic carbocycles. The summed E-state index contributed by atoms with van der Waals surface area (Å²) in [6.45, 7) is 6.50. The van der Waals surface area contributed by atoms with Crippen LogP contribution in [0.25, 0.3) is 0 Å². The summed E-state index contributed by atoms with van der Waals surface area (Å²) in [5, 5.41) is 13.8. The molecule has 1 N–H and O–H groups in total. The molecule has 6 nitrogen and oxygen atoms in total.